The van der Waals surface area contributed by atoms with Crippen LogP contribution in [0.3, 0.4) is 0 Å². The van der Waals surface area contributed by atoms with Crippen LogP contribution in [0.2, 0.25) is 0 Å². The van der Waals surface area contributed by atoms with Crippen molar-refractivity contribution in [2.75, 3.05) is 26.3 Å². The van der Waals surface area contributed by atoms with Crippen molar-refractivity contribution >= 4 is 0 Å². The van der Waals surface area contributed by atoms with Gasteiger partial charge in [0.05, 0.1) is 25.2 Å². The predicted octanol–water partition coefficient (Wildman–Crippen LogP) is 2.25. The number of hydrogen-bond donors (Lipinski definition) is 0. The van der Waals surface area contributed by atoms with Gasteiger partial charge in [0.15, 0.2) is 0 Å². The second-order valence-electron chi connectivity index (χ2n) is 7.27. The molecule has 1 aliphatic carbocycles. The van der Waals surface area contributed by atoms with Crippen molar-refractivity contribution in [3.8, 4) is 0 Å². The fourth-order valence-corrected chi connectivity index (χ4v) is 3.98. The normalized spacial score (nSPS) is 30.9. The third kappa shape index (κ3) is 2.23. The van der Waals surface area contributed by atoms with Gasteiger partial charge in [-0.3, -0.25) is 4.90 Å². The van der Waals surface area contributed by atoms with E-state index in [1.54, 1.807) is 0 Å². The number of rotatable bonds is 4. The van der Waals surface area contributed by atoms with Crippen LogP contribution in [0, 0.1) is 12.8 Å². The van der Waals surface area contributed by atoms with Gasteiger partial charge < -0.3 is 13.6 Å². The maximum Gasteiger partial charge on any atom is 0.226 e. The number of aromatic nitrogens is 2. The van der Waals surface area contributed by atoms with Gasteiger partial charge in [0, 0.05) is 24.9 Å². The molecular weight excluding hydrogens is 294 g/mol. The van der Waals surface area contributed by atoms with Gasteiger partial charge in [0.25, 0.3) is 0 Å². The van der Waals surface area contributed by atoms with Crippen molar-refractivity contribution in [2.45, 2.75) is 37.6 Å². The van der Waals surface area contributed by atoms with Crippen LogP contribution in [0.15, 0.2) is 21.0 Å². The maximum atomic E-state index is 6.05. The minimum atomic E-state index is -0.137. The number of hydrogen-bond acceptors (Lipinski definition) is 6. The Morgan fingerprint density at radius 2 is 2.17 bits per heavy atom. The van der Waals surface area contributed by atoms with E-state index in [1.807, 2.05) is 13.0 Å². The SMILES string of the molecule is Cc1ccc(CN2C[C@H]3COC[C@@]3(c3nnc(C4CC4)o3)C2)o1. The molecule has 0 spiro atoms. The lowest BCUT2D eigenvalue weighted by atomic mass is 9.81. The molecule has 6 heteroatoms. The summed E-state index contributed by atoms with van der Waals surface area (Å²) in [5.41, 5.74) is -0.137. The van der Waals surface area contributed by atoms with E-state index in [-0.39, 0.29) is 5.41 Å². The van der Waals surface area contributed by atoms with Crippen molar-refractivity contribution in [1.82, 2.24) is 15.1 Å². The third-order valence-corrected chi connectivity index (χ3v) is 5.41. The summed E-state index contributed by atoms with van der Waals surface area (Å²) in [6, 6.07) is 4.08. The molecule has 5 rings (SSSR count). The van der Waals surface area contributed by atoms with Gasteiger partial charge >= 0.3 is 0 Å². The standard InChI is InChI=1S/C17H21N3O3/c1-11-2-5-14(22-11)7-20-6-13-8-21-10-17(13,9-20)16-19-18-15(23-16)12-3-4-12/h2,5,12-13H,3-4,6-10H2,1H3/t13-,17-/m0/s1. The average molecular weight is 315 g/mol. The van der Waals surface area contributed by atoms with Crippen molar-refractivity contribution < 1.29 is 13.6 Å². The van der Waals surface area contributed by atoms with Gasteiger partial charge in [-0.05, 0) is 31.9 Å². The smallest absolute Gasteiger partial charge is 0.226 e. The largest absolute Gasteiger partial charge is 0.465 e. The molecule has 3 aliphatic rings. The summed E-state index contributed by atoms with van der Waals surface area (Å²) in [4.78, 5) is 2.42. The molecule has 2 saturated heterocycles. The van der Waals surface area contributed by atoms with E-state index in [0.29, 0.717) is 18.4 Å². The van der Waals surface area contributed by atoms with Gasteiger partial charge in [-0.2, -0.15) is 0 Å². The quantitative estimate of drug-likeness (QED) is 0.862. The molecule has 4 heterocycles. The number of fused-ring (bicyclic) bond motifs is 1. The third-order valence-electron chi connectivity index (χ3n) is 5.41. The number of furan rings is 1. The zero-order valence-corrected chi connectivity index (χ0v) is 13.3. The maximum absolute atomic E-state index is 6.05. The van der Waals surface area contributed by atoms with Gasteiger partial charge in [-0.1, -0.05) is 0 Å². The summed E-state index contributed by atoms with van der Waals surface area (Å²) in [6.07, 6.45) is 2.36. The van der Waals surface area contributed by atoms with E-state index in [2.05, 4.69) is 21.2 Å². The molecule has 0 bridgehead atoms. The minimum Gasteiger partial charge on any atom is -0.465 e. The molecule has 2 atom stereocenters. The summed E-state index contributed by atoms with van der Waals surface area (Å²) >= 11 is 0. The van der Waals surface area contributed by atoms with Crippen LogP contribution in [0.5, 0.6) is 0 Å². The topological polar surface area (TPSA) is 64.5 Å². The highest BCUT2D eigenvalue weighted by Crippen LogP contribution is 2.46. The first-order valence-corrected chi connectivity index (χ1v) is 8.42. The number of aryl methyl sites for hydroxylation is 1. The number of ether oxygens (including phenoxy) is 1. The Kier molecular flexibility index (Phi) is 2.94. The molecule has 1 saturated carbocycles. The van der Waals surface area contributed by atoms with Gasteiger partial charge in [0.2, 0.25) is 11.8 Å². The van der Waals surface area contributed by atoms with Crippen LogP contribution in [0.25, 0.3) is 0 Å². The molecule has 122 valence electrons. The fraction of sp³-hybridized carbons (Fsp3) is 0.647. The van der Waals surface area contributed by atoms with E-state index in [1.165, 1.54) is 12.8 Å². The molecule has 23 heavy (non-hydrogen) atoms. The lowest BCUT2D eigenvalue weighted by Crippen LogP contribution is -2.35. The van der Waals surface area contributed by atoms with E-state index in [0.717, 1.165) is 49.5 Å². The molecule has 6 nitrogen and oxygen atoms in total. The Hall–Kier alpha value is -1.66. The highest BCUT2D eigenvalue weighted by atomic mass is 16.5. The average Bonchev–Trinajstić information content (AvgIpc) is 2.90. The second kappa shape index (κ2) is 4.92. The van der Waals surface area contributed by atoms with Crippen molar-refractivity contribution in [3.63, 3.8) is 0 Å². The first-order valence-electron chi connectivity index (χ1n) is 8.42. The lowest BCUT2D eigenvalue weighted by molar-refractivity contribution is 0.137. The highest BCUT2D eigenvalue weighted by molar-refractivity contribution is 5.18. The van der Waals surface area contributed by atoms with Crippen molar-refractivity contribution in [2.24, 2.45) is 5.92 Å². The molecule has 0 radical (unpaired) electrons. The van der Waals surface area contributed by atoms with Crippen LogP contribution < -0.4 is 0 Å². The van der Waals surface area contributed by atoms with Gasteiger partial charge in [-0.25, -0.2) is 0 Å². The number of likely N-dealkylation sites (tertiary alicyclic amines) is 1. The molecule has 3 fully saturated rings. The van der Waals surface area contributed by atoms with Crippen molar-refractivity contribution in [3.05, 3.63) is 35.4 Å². The monoisotopic (exact) mass is 315 g/mol. The van der Waals surface area contributed by atoms with Crippen LogP contribution in [0.1, 0.15) is 42.1 Å². The molecule has 2 aromatic heterocycles. The molecular formula is C17H21N3O3. The molecule has 0 unspecified atom stereocenters. The Balaban J connectivity index is 1.39. The van der Waals surface area contributed by atoms with Crippen LogP contribution in [-0.4, -0.2) is 41.4 Å². The minimum absolute atomic E-state index is 0.137. The lowest BCUT2D eigenvalue weighted by Gasteiger charge is -2.22. The highest BCUT2D eigenvalue weighted by Gasteiger charge is 2.55. The van der Waals surface area contributed by atoms with Crippen LogP contribution in [-0.2, 0) is 16.7 Å². The molecule has 2 aromatic rings. The van der Waals surface area contributed by atoms with Crippen LogP contribution in [0.4, 0.5) is 0 Å². The Morgan fingerprint density at radius 3 is 2.96 bits per heavy atom. The first kappa shape index (κ1) is 13.7. The van der Waals surface area contributed by atoms with Crippen LogP contribution >= 0.6 is 0 Å². The Morgan fingerprint density at radius 1 is 1.26 bits per heavy atom. The Bertz CT molecular complexity index is 720. The van der Waals surface area contributed by atoms with Gasteiger partial charge in [0.1, 0.15) is 11.5 Å². The summed E-state index contributed by atoms with van der Waals surface area (Å²) < 4.78 is 17.6. The Labute approximate surface area is 134 Å². The van der Waals surface area contributed by atoms with E-state index in [9.17, 15) is 0 Å². The van der Waals surface area contributed by atoms with E-state index < -0.39 is 0 Å². The first-order chi connectivity index (χ1) is 11.2. The van der Waals surface area contributed by atoms with Gasteiger partial charge in [-0.15, -0.1) is 10.2 Å². The number of nitrogens with zero attached hydrogens (tertiary/aromatic N) is 3. The summed E-state index contributed by atoms with van der Waals surface area (Å²) in [5, 5.41) is 8.67. The zero-order chi connectivity index (χ0) is 15.4. The molecule has 2 aliphatic heterocycles. The summed E-state index contributed by atoms with van der Waals surface area (Å²) in [7, 11) is 0. The van der Waals surface area contributed by atoms with E-state index in [4.69, 9.17) is 13.6 Å². The van der Waals surface area contributed by atoms with Crippen molar-refractivity contribution in [1.29, 1.82) is 0 Å². The molecule has 0 aromatic carbocycles. The van der Waals surface area contributed by atoms with E-state index >= 15 is 0 Å². The summed E-state index contributed by atoms with van der Waals surface area (Å²) in [5.74, 6) is 4.49. The molecule has 0 N–H and O–H groups in total. The predicted molar refractivity (Wildman–Crippen MR) is 81.0 cm³/mol. The summed E-state index contributed by atoms with van der Waals surface area (Å²) in [6.45, 7) is 6.14. The fourth-order valence-electron chi connectivity index (χ4n) is 3.98. The zero-order valence-electron chi connectivity index (χ0n) is 13.3. The molecule has 0 amide bonds. The second-order valence-corrected chi connectivity index (χ2v) is 7.27.